The minimum Gasteiger partial charge on any atom is -0.454 e. The Hall–Kier alpha value is -3.11. The third-order valence-corrected chi connectivity index (χ3v) is 3.77. The Morgan fingerprint density at radius 3 is 3.00 bits per heavy atom. The second-order valence-electron chi connectivity index (χ2n) is 5.80. The second-order valence-corrected chi connectivity index (χ2v) is 5.80. The van der Waals surface area contributed by atoms with Crippen LogP contribution in [0, 0.1) is 15.9 Å². The van der Waals surface area contributed by atoms with E-state index in [4.69, 9.17) is 9.47 Å². The molecule has 0 radical (unpaired) electrons. The summed E-state index contributed by atoms with van der Waals surface area (Å²) in [6.07, 6.45) is 1.37. The molecule has 0 spiro atoms. The number of benzene rings is 1. The lowest BCUT2D eigenvalue weighted by molar-refractivity contribution is -0.385. The number of nitrogens with one attached hydrogen (secondary N) is 2. The highest BCUT2D eigenvalue weighted by Gasteiger charge is 2.18. The van der Waals surface area contributed by atoms with E-state index in [0.717, 1.165) is 18.7 Å². The Morgan fingerprint density at radius 1 is 1.44 bits per heavy atom. The third-order valence-electron chi connectivity index (χ3n) is 3.77. The fourth-order valence-electron chi connectivity index (χ4n) is 2.51. The lowest BCUT2D eigenvalue weighted by atomic mass is 10.2. The van der Waals surface area contributed by atoms with Crippen LogP contribution in [0.2, 0.25) is 0 Å². The summed E-state index contributed by atoms with van der Waals surface area (Å²) in [6, 6.07) is 5.99. The van der Waals surface area contributed by atoms with Crippen molar-refractivity contribution in [2.24, 2.45) is 0 Å². The van der Waals surface area contributed by atoms with E-state index in [1.165, 1.54) is 24.4 Å². The SMILES string of the molecule is O=C(CC1CNCCO1)Nc1cc(Oc2ccc([N+](=O)[O-])cc2F)ccn1. The molecule has 1 fully saturated rings. The smallest absolute Gasteiger partial charge is 0.272 e. The van der Waals surface area contributed by atoms with Gasteiger partial charge < -0.3 is 20.1 Å². The minimum atomic E-state index is -0.867. The molecular formula is C17H17FN4O5. The first kappa shape index (κ1) is 18.7. The molecule has 2 heterocycles. The van der Waals surface area contributed by atoms with E-state index in [1.54, 1.807) is 0 Å². The van der Waals surface area contributed by atoms with Gasteiger partial charge in [-0.05, 0) is 12.1 Å². The maximum Gasteiger partial charge on any atom is 0.272 e. The Bertz CT molecular complexity index is 842. The average Bonchev–Trinajstić information content (AvgIpc) is 2.64. The predicted octanol–water partition coefficient (Wildman–Crippen LogP) is 2.24. The van der Waals surface area contributed by atoms with Crippen LogP contribution in [0.5, 0.6) is 11.5 Å². The molecule has 1 aromatic heterocycles. The molecule has 1 aliphatic rings. The van der Waals surface area contributed by atoms with Gasteiger partial charge in [-0.2, -0.15) is 0 Å². The van der Waals surface area contributed by atoms with Crippen LogP contribution in [0.1, 0.15) is 6.42 Å². The van der Waals surface area contributed by atoms with Gasteiger partial charge in [0.2, 0.25) is 5.91 Å². The molecule has 0 aliphatic carbocycles. The number of aromatic nitrogens is 1. The molecule has 0 saturated carbocycles. The van der Waals surface area contributed by atoms with Crippen LogP contribution in [-0.4, -0.2) is 41.6 Å². The van der Waals surface area contributed by atoms with Crippen LogP contribution in [0.4, 0.5) is 15.9 Å². The maximum absolute atomic E-state index is 13.9. The number of ether oxygens (including phenoxy) is 2. The number of nitrogens with zero attached hydrogens (tertiary/aromatic N) is 2. The van der Waals surface area contributed by atoms with Gasteiger partial charge >= 0.3 is 0 Å². The molecule has 2 aromatic rings. The van der Waals surface area contributed by atoms with Gasteiger partial charge in [-0.1, -0.05) is 0 Å². The largest absolute Gasteiger partial charge is 0.454 e. The fraction of sp³-hybridized carbons (Fsp3) is 0.294. The van der Waals surface area contributed by atoms with Gasteiger partial charge in [0.05, 0.1) is 30.1 Å². The van der Waals surface area contributed by atoms with Crippen LogP contribution in [0.3, 0.4) is 0 Å². The van der Waals surface area contributed by atoms with Crippen molar-refractivity contribution < 1.29 is 23.6 Å². The predicted molar refractivity (Wildman–Crippen MR) is 93.2 cm³/mol. The third kappa shape index (κ3) is 5.19. The number of non-ortho nitro benzene ring substituents is 1. The Labute approximate surface area is 153 Å². The zero-order valence-corrected chi connectivity index (χ0v) is 14.2. The molecule has 1 aromatic carbocycles. The summed E-state index contributed by atoms with van der Waals surface area (Å²) in [4.78, 5) is 26.1. The standard InChI is InChI=1S/C17H17FN4O5/c18-14-7-11(22(24)25)1-2-15(14)27-12-3-4-20-16(8-12)21-17(23)9-13-10-19-5-6-26-13/h1-4,7-8,13,19H,5-6,9-10H2,(H,20,21,23). The number of carbonyl (C=O) groups is 1. The number of hydrogen-bond acceptors (Lipinski definition) is 7. The van der Waals surface area contributed by atoms with Gasteiger partial charge in [0.25, 0.3) is 5.69 Å². The first-order chi connectivity index (χ1) is 13.0. The van der Waals surface area contributed by atoms with Crippen molar-refractivity contribution in [3.8, 4) is 11.5 Å². The fourth-order valence-corrected chi connectivity index (χ4v) is 2.51. The lowest BCUT2D eigenvalue weighted by Crippen LogP contribution is -2.40. The summed E-state index contributed by atoms with van der Waals surface area (Å²) in [5, 5.41) is 16.4. The maximum atomic E-state index is 13.9. The van der Waals surface area contributed by atoms with Crippen molar-refractivity contribution in [3.63, 3.8) is 0 Å². The number of anilines is 1. The van der Waals surface area contributed by atoms with Gasteiger partial charge in [0, 0.05) is 31.4 Å². The molecule has 1 aliphatic heterocycles. The Morgan fingerprint density at radius 2 is 2.30 bits per heavy atom. The van der Waals surface area contributed by atoms with Crippen LogP contribution in [-0.2, 0) is 9.53 Å². The highest BCUT2D eigenvalue weighted by Crippen LogP contribution is 2.28. The summed E-state index contributed by atoms with van der Waals surface area (Å²) in [6.45, 7) is 1.92. The van der Waals surface area contributed by atoms with Crippen molar-refractivity contribution in [1.29, 1.82) is 0 Å². The number of halogens is 1. The molecule has 0 bridgehead atoms. The number of hydrogen-bond donors (Lipinski definition) is 2. The number of amides is 1. The normalized spacial score (nSPS) is 16.6. The van der Waals surface area contributed by atoms with E-state index < -0.39 is 10.7 Å². The molecule has 1 unspecified atom stereocenters. The first-order valence-corrected chi connectivity index (χ1v) is 8.21. The van der Waals surface area contributed by atoms with Crippen LogP contribution >= 0.6 is 0 Å². The highest BCUT2D eigenvalue weighted by molar-refractivity contribution is 5.90. The van der Waals surface area contributed by atoms with E-state index in [1.807, 2.05) is 0 Å². The van der Waals surface area contributed by atoms with E-state index in [2.05, 4.69) is 15.6 Å². The summed E-state index contributed by atoms with van der Waals surface area (Å²) in [5.41, 5.74) is -0.373. The lowest BCUT2D eigenvalue weighted by Gasteiger charge is -2.22. The quantitative estimate of drug-likeness (QED) is 0.587. The van der Waals surface area contributed by atoms with Crippen molar-refractivity contribution in [1.82, 2.24) is 10.3 Å². The molecule has 9 nitrogen and oxygen atoms in total. The number of pyridine rings is 1. The van der Waals surface area contributed by atoms with Gasteiger partial charge in [-0.25, -0.2) is 9.37 Å². The number of nitro benzene ring substituents is 1. The Balaban J connectivity index is 1.63. The topological polar surface area (TPSA) is 116 Å². The van der Waals surface area contributed by atoms with Gasteiger partial charge in [-0.3, -0.25) is 14.9 Å². The van der Waals surface area contributed by atoms with E-state index >= 15 is 0 Å². The van der Waals surface area contributed by atoms with Gasteiger partial charge in [0.1, 0.15) is 11.6 Å². The average molecular weight is 376 g/mol. The monoisotopic (exact) mass is 376 g/mol. The number of morpholine rings is 1. The Kier molecular flexibility index (Phi) is 5.89. The molecule has 10 heteroatoms. The summed E-state index contributed by atoms with van der Waals surface area (Å²) >= 11 is 0. The molecule has 1 amide bonds. The molecule has 3 rings (SSSR count). The molecule has 1 atom stereocenters. The van der Waals surface area contributed by atoms with Crippen molar-refractivity contribution in [3.05, 3.63) is 52.5 Å². The molecule has 1 saturated heterocycles. The zero-order chi connectivity index (χ0) is 19.2. The zero-order valence-electron chi connectivity index (χ0n) is 14.2. The molecule has 2 N–H and O–H groups in total. The second kappa shape index (κ2) is 8.52. The van der Waals surface area contributed by atoms with Crippen molar-refractivity contribution in [2.45, 2.75) is 12.5 Å². The van der Waals surface area contributed by atoms with Gasteiger partial charge in [-0.15, -0.1) is 0 Å². The van der Waals surface area contributed by atoms with E-state index in [-0.39, 0.29) is 41.4 Å². The summed E-state index contributed by atoms with van der Waals surface area (Å²) in [7, 11) is 0. The first-order valence-electron chi connectivity index (χ1n) is 8.21. The van der Waals surface area contributed by atoms with Gasteiger partial charge in [0.15, 0.2) is 11.6 Å². The van der Waals surface area contributed by atoms with Crippen molar-refractivity contribution >= 4 is 17.4 Å². The number of nitro groups is 1. The summed E-state index contributed by atoms with van der Waals surface area (Å²) in [5.74, 6) is -0.846. The van der Waals surface area contributed by atoms with E-state index in [9.17, 15) is 19.3 Å². The van der Waals surface area contributed by atoms with E-state index in [0.29, 0.717) is 13.2 Å². The van der Waals surface area contributed by atoms with Crippen LogP contribution < -0.4 is 15.4 Å². The van der Waals surface area contributed by atoms with Crippen molar-refractivity contribution in [2.75, 3.05) is 25.0 Å². The highest BCUT2D eigenvalue weighted by atomic mass is 19.1. The molecular weight excluding hydrogens is 359 g/mol. The summed E-state index contributed by atoms with van der Waals surface area (Å²) < 4.78 is 24.8. The van der Waals surface area contributed by atoms with Crippen LogP contribution in [0.25, 0.3) is 0 Å². The number of carbonyl (C=O) groups excluding carboxylic acids is 1. The molecule has 27 heavy (non-hydrogen) atoms. The molecule has 142 valence electrons. The number of rotatable bonds is 6. The minimum absolute atomic E-state index is 0.175. The van der Waals surface area contributed by atoms with Crippen LogP contribution in [0.15, 0.2) is 36.5 Å².